The van der Waals surface area contributed by atoms with Gasteiger partial charge in [0.15, 0.2) is 5.69 Å². The number of hydrogen-bond donors (Lipinski definition) is 0. The zero-order valence-corrected chi connectivity index (χ0v) is 17.9. The SMILES string of the molecule is C[C@@H]1CN(C(=O)c2ccc(-c3cccn4c(=O)c(Br)c(C(F)(F)F)nc34)cc2)CCO1. The lowest BCUT2D eigenvalue weighted by molar-refractivity contribution is -0.141. The molecular formula is C21H17BrF3N3O3. The molecule has 6 nitrogen and oxygen atoms in total. The Morgan fingerprint density at radius 3 is 2.58 bits per heavy atom. The summed E-state index contributed by atoms with van der Waals surface area (Å²) in [5, 5.41) is 0. The molecule has 1 fully saturated rings. The normalized spacial score (nSPS) is 17.2. The van der Waals surface area contributed by atoms with Crippen LogP contribution in [-0.4, -0.2) is 46.0 Å². The maximum atomic E-state index is 13.3. The standard InChI is InChI=1S/C21H17BrF3N3O3/c1-12-11-27(9-10-31-12)19(29)14-6-4-13(5-7-14)15-3-2-8-28-18(15)26-17(21(23,24)25)16(22)20(28)30/h2-8,12H,9-11H2,1H3/t12-/m1/s1. The summed E-state index contributed by atoms with van der Waals surface area (Å²) < 4.78 is 45.9. The number of rotatable bonds is 2. The maximum Gasteiger partial charge on any atom is 0.434 e. The summed E-state index contributed by atoms with van der Waals surface area (Å²) in [6.45, 7) is 3.35. The molecule has 0 unspecified atom stereocenters. The second-order valence-corrected chi connectivity index (χ2v) is 8.00. The van der Waals surface area contributed by atoms with E-state index in [1.54, 1.807) is 41.3 Å². The summed E-state index contributed by atoms with van der Waals surface area (Å²) in [7, 11) is 0. The van der Waals surface area contributed by atoms with Crippen LogP contribution in [0, 0.1) is 0 Å². The molecule has 1 atom stereocenters. The Bertz CT molecular complexity index is 1210. The minimum Gasteiger partial charge on any atom is -0.375 e. The van der Waals surface area contributed by atoms with Crippen molar-refractivity contribution in [2.75, 3.05) is 19.7 Å². The molecule has 1 amide bonds. The fourth-order valence-electron chi connectivity index (χ4n) is 3.53. The third kappa shape index (κ3) is 4.09. The first kappa shape index (κ1) is 21.5. The number of carbonyl (C=O) groups is 1. The number of ether oxygens (including phenoxy) is 1. The molecule has 0 aliphatic carbocycles. The van der Waals surface area contributed by atoms with E-state index in [0.29, 0.717) is 36.4 Å². The van der Waals surface area contributed by atoms with Gasteiger partial charge in [-0.1, -0.05) is 12.1 Å². The molecule has 0 N–H and O–H groups in total. The van der Waals surface area contributed by atoms with E-state index >= 15 is 0 Å². The predicted molar refractivity (Wildman–Crippen MR) is 111 cm³/mol. The third-order valence-corrected chi connectivity index (χ3v) is 5.75. The van der Waals surface area contributed by atoms with Gasteiger partial charge in [-0.25, -0.2) is 4.98 Å². The van der Waals surface area contributed by atoms with Gasteiger partial charge in [-0.3, -0.25) is 14.0 Å². The van der Waals surface area contributed by atoms with Crippen LogP contribution in [0.2, 0.25) is 0 Å². The largest absolute Gasteiger partial charge is 0.434 e. The summed E-state index contributed by atoms with van der Waals surface area (Å²) in [6.07, 6.45) is -3.47. The van der Waals surface area contributed by atoms with Crippen LogP contribution in [0.4, 0.5) is 13.2 Å². The average Bonchev–Trinajstić information content (AvgIpc) is 2.74. The van der Waals surface area contributed by atoms with Crippen molar-refractivity contribution in [2.45, 2.75) is 19.2 Å². The molecule has 0 bridgehead atoms. The molecule has 31 heavy (non-hydrogen) atoms. The molecule has 0 saturated carbocycles. The van der Waals surface area contributed by atoms with Crippen LogP contribution in [0.15, 0.2) is 51.9 Å². The van der Waals surface area contributed by atoms with Crippen LogP contribution in [-0.2, 0) is 10.9 Å². The van der Waals surface area contributed by atoms with Gasteiger partial charge in [-0.15, -0.1) is 0 Å². The number of amides is 1. The average molecular weight is 496 g/mol. The van der Waals surface area contributed by atoms with E-state index in [0.717, 1.165) is 4.40 Å². The molecule has 3 heterocycles. The summed E-state index contributed by atoms with van der Waals surface area (Å²) >= 11 is 2.72. The predicted octanol–water partition coefficient (Wildman–Crippen LogP) is 4.00. The van der Waals surface area contributed by atoms with E-state index < -0.39 is 21.9 Å². The lowest BCUT2D eigenvalue weighted by Crippen LogP contribution is -2.44. The van der Waals surface area contributed by atoms with Gasteiger partial charge in [0.25, 0.3) is 11.5 Å². The van der Waals surface area contributed by atoms with E-state index in [1.165, 1.54) is 6.20 Å². The smallest absolute Gasteiger partial charge is 0.375 e. The highest BCUT2D eigenvalue weighted by atomic mass is 79.9. The van der Waals surface area contributed by atoms with Crippen molar-refractivity contribution in [3.05, 3.63) is 68.7 Å². The highest BCUT2D eigenvalue weighted by Gasteiger charge is 2.37. The summed E-state index contributed by atoms with van der Waals surface area (Å²) in [6, 6.07) is 9.63. The zero-order chi connectivity index (χ0) is 22.3. The number of halogens is 4. The van der Waals surface area contributed by atoms with Gasteiger partial charge < -0.3 is 9.64 Å². The molecule has 4 rings (SSSR count). The van der Waals surface area contributed by atoms with Crippen molar-refractivity contribution in [1.29, 1.82) is 0 Å². The van der Waals surface area contributed by atoms with E-state index in [-0.39, 0.29) is 17.7 Å². The van der Waals surface area contributed by atoms with Crippen LogP contribution in [0.3, 0.4) is 0 Å². The van der Waals surface area contributed by atoms with Crippen molar-refractivity contribution in [3.8, 4) is 11.1 Å². The first-order chi connectivity index (χ1) is 14.7. The Hall–Kier alpha value is -2.72. The molecule has 1 aliphatic heterocycles. The molecule has 0 radical (unpaired) electrons. The van der Waals surface area contributed by atoms with Crippen LogP contribution in [0.5, 0.6) is 0 Å². The molecule has 1 aliphatic rings. The van der Waals surface area contributed by atoms with Crippen molar-refractivity contribution in [2.24, 2.45) is 0 Å². The van der Waals surface area contributed by atoms with Crippen LogP contribution >= 0.6 is 15.9 Å². The first-order valence-electron chi connectivity index (χ1n) is 9.46. The number of alkyl halides is 3. The lowest BCUT2D eigenvalue weighted by Gasteiger charge is -2.31. The van der Waals surface area contributed by atoms with Crippen molar-refractivity contribution < 1.29 is 22.7 Å². The fraction of sp³-hybridized carbons (Fsp3) is 0.286. The van der Waals surface area contributed by atoms with Gasteiger partial charge in [-0.2, -0.15) is 13.2 Å². The number of pyridine rings is 1. The van der Waals surface area contributed by atoms with Gasteiger partial charge in [0.1, 0.15) is 10.1 Å². The van der Waals surface area contributed by atoms with Crippen molar-refractivity contribution in [1.82, 2.24) is 14.3 Å². The second kappa shape index (κ2) is 8.08. The molecule has 1 aromatic carbocycles. The quantitative estimate of drug-likeness (QED) is 0.538. The second-order valence-electron chi connectivity index (χ2n) is 7.20. The number of morpholine rings is 1. The summed E-state index contributed by atoms with van der Waals surface area (Å²) in [4.78, 5) is 30.6. The molecule has 2 aromatic heterocycles. The molecule has 1 saturated heterocycles. The van der Waals surface area contributed by atoms with Crippen molar-refractivity contribution >= 4 is 27.5 Å². The highest BCUT2D eigenvalue weighted by Crippen LogP contribution is 2.33. The monoisotopic (exact) mass is 495 g/mol. The summed E-state index contributed by atoms with van der Waals surface area (Å²) in [5.74, 6) is -0.141. The number of hydrogen-bond acceptors (Lipinski definition) is 4. The Labute approximate surface area is 183 Å². The van der Waals surface area contributed by atoms with E-state index in [1.807, 2.05) is 6.92 Å². The zero-order valence-electron chi connectivity index (χ0n) is 16.3. The first-order valence-corrected chi connectivity index (χ1v) is 10.3. The van der Waals surface area contributed by atoms with Crippen LogP contribution < -0.4 is 5.56 Å². The Morgan fingerprint density at radius 1 is 1.23 bits per heavy atom. The van der Waals surface area contributed by atoms with Gasteiger partial charge in [-0.05, 0) is 52.7 Å². The Kier molecular flexibility index (Phi) is 5.61. The third-order valence-electron chi connectivity index (χ3n) is 5.04. The van der Waals surface area contributed by atoms with Crippen LogP contribution in [0.1, 0.15) is 23.0 Å². The number of nitrogens with zero attached hydrogens (tertiary/aromatic N) is 3. The summed E-state index contributed by atoms with van der Waals surface area (Å²) in [5.41, 5.74) is -0.916. The van der Waals surface area contributed by atoms with E-state index in [4.69, 9.17) is 4.74 Å². The number of fused-ring (bicyclic) bond motifs is 1. The minimum atomic E-state index is -4.79. The maximum absolute atomic E-state index is 13.3. The highest BCUT2D eigenvalue weighted by molar-refractivity contribution is 9.10. The molecule has 162 valence electrons. The molecule has 0 spiro atoms. The van der Waals surface area contributed by atoms with E-state index in [9.17, 15) is 22.8 Å². The number of benzene rings is 1. The Balaban J connectivity index is 1.75. The van der Waals surface area contributed by atoms with Crippen LogP contribution in [0.25, 0.3) is 16.8 Å². The van der Waals surface area contributed by atoms with Gasteiger partial charge in [0, 0.05) is 30.4 Å². The van der Waals surface area contributed by atoms with Crippen molar-refractivity contribution in [3.63, 3.8) is 0 Å². The number of aromatic nitrogens is 2. The topological polar surface area (TPSA) is 63.9 Å². The molecule has 10 heteroatoms. The molecule has 3 aromatic rings. The van der Waals surface area contributed by atoms with Gasteiger partial charge >= 0.3 is 6.18 Å². The fourth-order valence-corrected chi connectivity index (χ4v) is 4.04. The van der Waals surface area contributed by atoms with E-state index in [2.05, 4.69) is 20.9 Å². The number of carbonyl (C=O) groups excluding carboxylic acids is 1. The van der Waals surface area contributed by atoms with Gasteiger partial charge in [0.05, 0.1) is 12.7 Å². The Morgan fingerprint density at radius 2 is 1.94 bits per heavy atom. The lowest BCUT2D eigenvalue weighted by atomic mass is 10.0. The van der Waals surface area contributed by atoms with Gasteiger partial charge in [0.2, 0.25) is 0 Å². The molecular weight excluding hydrogens is 479 g/mol. The minimum absolute atomic E-state index is 0.0424.